The smallest absolute Gasteiger partial charge is 0.303 e. The molecular weight excluding hydrogens is 320 g/mol. The highest BCUT2D eigenvalue weighted by atomic mass is 16.5. The second-order valence-corrected chi connectivity index (χ2v) is 6.33. The van der Waals surface area contributed by atoms with Gasteiger partial charge in [0, 0.05) is 12.8 Å². The number of carboxylic acid groups (broad SMARTS) is 2. The highest BCUT2D eigenvalue weighted by Gasteiger charge is 2.07. The molecule has 1 aromatic carbocycles. The van der Waals surface area contributed by atoms with E-state index in [4.69, 9.17) is 14.9 Å². The van der Waals surface area contributed by atoms with Gasteiger partial charge < -0.3 is 14.9 Å². The van der Waals surface area contributed by atoms with E-state index in [1.165, 1.54) is 11.1 Å². The van der Waals surface area contributed by atoms with Gasteiger partial charge in [-0.05, 0) is 68.2 Å². The molecule has 0 aliphatic heterocycles. The Morgan fingerprint density at radius 1 is 0.880 bits per heavy atom. The normalized spacial score (nSPS) is 10.6. The van der Waals surface area contributed by atoms with Crippen LogP contribution < -0.4 is 4.74 Å². The standard InChI is InChI=1S/C20H30O5/c1-2-3-14-25-18-13-12-16(8-4-6-10-19(21)22)17(15-18)9-5-7-11-20(23)24/h12-13,15H,2-11,14H2,1H3,(H,21,22)(H,23,24). The summed E-state index contributed by atoms with van der Waals surface area (Å²) in [6.07, 6.45) is 7.17. The summed E-state index contributed by atoms with van der Waals surface area (Å²) < 4.78 is 5.77. The van der Waals surface area contributed by atoms with Crippen LogP contribution in [0.5, 0.6) is 5.75 Å². The molecule has 0 bridgehead atoms. The first kappa shape index (κ1) is 21.0. The highest BCUT2D eigenvalue weighted by Crippen LogP contribution is 2.22. The predicted octanol–water partition coefficient (Wildman–Crippen LogP) is 4.46. The lowest BCUT2D eigenvalue weighted by Gasteiger charge is -2.13. The minimum absolute atomic E-state index is 0.195. The van der Waals surface area contributed by atoms with Gasteiger partial charge in [-0.2, -0.15) is 0 Å². The number of hydrogen-bond donors (Lipinski definition) is 2. The number of rotatable bonds is 14. The third-order valence-electron chi connectivity index (χ3n) is 4.12. The van der Waals surface area contributed by atoms with Gasteiger partial charge >= 0.3 is 11.9 Å². The van der Waals surface area contributed by atoms with E-state index in [0.717, 1.165) is 44.3 Å². The molecule has 5 nitrogen and oxygen atoms in total. The summed E-state index contributed by atoms with van der Waals surface area (Å²) in [7, 11) is 0. The predicted molar refractivity (Wildman–Crippen MR) is 97.2 cm³/mol. The van der Waals surface area contributed by atoms with E-state index in [0.29, 0.717) is 19.4 Å². The van der Waals surface area contributed by atoms with Crippen LogP contribution in [0.15, 0.2) is 18.2 Å². The third-order valence-corrected chi connectivity index (χ3v) is 4.12. The number of aryl methyl sites for hydroxylation is 2. The zero-order chi connectivity index (χ0) is 18.5. The monoisotopic (exact) mass is 350 g/mol. The van der Waals surface area contributed by atoms with Crippen molar-refractivity contribution < 1.29 is 24.5 Å². The lowest BCUT2D eigenvalue weighted by molar-refractivity contribution is -0.138. The largest absolute Gasteiger partial charge is 0.494 e. The maximum absolute atomic E-state index is 10.6. The minimum Gasteiger partial charge on any atom is -0.494 e. The summed E-state index contributed by atoms with van der Waals surface area (Å²) in [5, 5.41) is 17.5. The summed E-state index contributed by atoms with van der Waals surface area (Å²) in [5.74, 6) is -0.657. The molecule has 140 valence electrons. The number of carboxylic acids is 2. The Balaban J connectivity index is 2.64. The van der Waals surface area contributed by atoms with Crippen LogP contribution in [0.3, 0.4) is 0 Å². The zero-order valence-electron chi connectivity index (χ0n) is 15.1. The third kappa shape index (κ3) is 9.75. The lowest BCUT2D eigenvalue weighted by atomic mass is 9.96. The summed E-state index contributed by atoms with van der Waals surface area (Å²) >= 11 is 0. The van der Waals surface area contributed by atoms with Crippen molar-refractivity contribution in [2.24, 2.45) is 0 Å². The zero-order valence-corrected chi connectivity index (χ0v) is 15.1. The Hall–Kier alpha value is -2.04. The molecule has 0 fully saturated rings. The van der Waals surface area contributed by atoms with E-state index < -0.39 is 11.9 Å². The molecule has 2 N–H and O–H groups in total. The van der Waals surface area contributed by atoms with Gasteiger partial charge in [-0.25, -0.2) is 0 Å². The highest BCUT2D eigenvalue weighted by molar-refractivity contribution is 5.66. The molecule has 0 spiro atoms. The maximum Gasteiger partial charge on any atom is 0.303 e. The van der Waals surface area contributed by atoms with E-state index in [-0.39, 0.29) is 12.8 Å². The summed E-state index contributed by atoms with van der Waals surface area (Å²) in [6.45, 7) is 2.82. The van der Waals surface area contributed by atoms with Crippen molar-refractivity contribution in [3.05, 3.63) is 29.3 Å². The molecule has 0 aliphatic rings. The molecule has 1 rings (SSSR count). The molecule has 0 radical (unpaired) electrons. The van der Waals surface area contributed by atoms with Gasteiger partial charge in [0.25, 0.3) is 0 Å². The van der Waals surface area contributed by atoms with Gasteiger partial charge in [-0.15, -0.1) is 0 Å². The van der Waals surface area contributed by atoms with Crippen LogP contribution >= 0.6 is 0 Å². The molecule has 0 aliphatic carbocycles. The number of hydrogen-bond acceptors (Lipinski definition) is 3. The van der Waals surface area contributed by atoms with E-state index in [9.17, 15) is 9.59 Å². The quantitative estimate of drug-likeness (QED) is 0.484. The van der Waals surface area contributed by atoms with Crippen LogP contribution in [-0.2, 0) is 22.4 Å². The lowest BCUT2D eigenvalue weighted by Crippen LogP contribution is -2.01. The minimum atomic E-state index is -0.759. The van der Waals surface area contributed by atoms with Crippen molar-refractivity contribution in [2.45, 2.75) is 71.1 Å². The van der Waals surface area contributed by atoms with E-state index in [1.807, 2.05) is 6.07 Å². The number of ether oxygens (including phenoxy) is 1. The molecule has 0 atom stereocenters. The molecule has 0 unspecified atom stereocenters. The van der Waals surface area contributed by atoms with Crippen molar-refractivity contribution in [3.8, 4) is 5.75 Å². The molecule has 0 aromatic heterocycles. The average Bonchev–Trinajstić information content (AvgIpc) is 2.56. The fourth-order valence-corrected chi connectivity index (χ4v) is 2.69. The number of aliphatic carboxylic acids is 2. The first-order chi connectivity index (χ1) is 12.0. The van der Waals surface area contributed by atoms with Crippen LogP contribution in [0.4, 0.5) is 0 Å². The van der Waals surface area contributed by atoms with E-state index >= 15 is 0 Å². The Morgan fingerprint density at radius 3 is 2.04 bits per heavy atom. The summed E-state index contributed by atoms with van der Waals surface area (Å²) in [4.78, 5) is 21.3. The summed E-state index contributed by atoms with van der Waals surface area (Å²) in [5.41, 5.74) is 2.40. The molecular formula is C20H30O5. The Morgan fingerprint density at radius 2 is 1.48 bits per heavy atom. The van der Waals surface area contributed by atoms with Crippen molar-refractivity contribution >= 4 is 11.9 Å². The number of benzene rings is 1. The van der Waals surface area contributed by atoms with E-state index in [2.05, 4.69) is 19.1 Å². The Bertz CT molecular complexity index is 539. The van der Waals surface area contributed by atoms with Crippen molar-refractivity contribution in [3.63, 3.8) is 0 Å². The molecule has 0 amide bonds. The number of carbonyl (C=O) groups is 2. The van der Waals surface area contributed by atoms with Crippen LogP contribution in [0.1, 0.15) is 69.4 Å². The second kappa shape index (κ2) is 12.3. The fourth-order valence-electron chi connectivity index (χ4n) is 2.69. The molecule has 1 aromatic rings. The Kier molecular flexibility index (Phi) is 10.4. The van der Waals surface area contributed by atoms with E-state index in [1.54, 1.807) is 0 Å². The van der Waals surface area contributed by atoms with Gasteiger partial charge in [0.05, 0.1) is 6.61 Å². The second-order valence-electron chi connectivity index (χ2n) is 6.33. The van der Waals surface area contributed by atoms with Crippen LogP contribution in [0, 0.1) is 0 Å². The van der Waals surface area contributed by atoms with Crippen molar-refractivity contribution in [2.75, 3.05) is 6.61 Å². The SMILES string of the molecule is CCCCOc1ccc(CCCCC(=O)O)c(CCCCC(=O)O)c1. The molecule has 0 saturated heterocycles. The maximum atomic E-state index is 10.6. The van der Waals surface area contributed by atoms with Gasteiger partial charge in [0.1, 0.15) is 5.75 Å². The fraction of sp³-hybridized carbons (Fsp3) is 0.600. The van der Waals surface area contributed by atoms with Crippen LogP contribution in [-0.4, -0.2) is 28.8 Å². The number of unbranched alkanes of at least 4 members (excludes halogenated alkanes) is 3. The molecule has 0 saturated carbocycles. The average molecular weight is 350 g/mol. The van der Waals surface area contributed by atoms with Crippen LogP contribution in [0.25, 0.3) is 0 Å². The van der Waals surface area contributed by atoms with Crippen LogP contribution in [0.2, 0.25) is 0 Å². The van der Waals surface area contributed by atoms with Gasteiger partial charge in [0.15, 0.2) is 0 Å². The van der Waals surface area contributed by atoms with Gasteiger partial charge in [-0.3, -0.25) is 9.59 Å². The topological polar surface area (TPSA) is 83.8 Å². The molecule has 25 heavy (non-hydrogen) atoms. The first-order valence-electron chi connectivity index (χ1n) is 9.21. The summed E-state index contributed by atoms with van der Waals surface area (Å²) in [6, 6.07) is 6.10. The Labute approximate surface area is 150 Å². The van der Waals surface area contributed by atoms with Gasteiger partial charge in [-0.1, -0.05) is 19.4 Å². The van der Waals surface area contributed by atoms with Gasteiger partial charge in [0.2, 0.25) is 0 Å². The first-order valence-corrected chi connectivity index (χ1v) is 9.21. The van der Waals surface area contributed by atoms with Crippen molar-refractivity contribution in [1.29, 1.82) is 0 Å². The molecule has 5 heteroatoms. The molecule has 0 heterocycles. The van der Waals surface area contributed by atoms with Crippen molar-refractivity contribution in [1.82, 2.24) is 0 Å².